The Kier molecular flexibility index (Phi) is 3.95. The summed E-state index contributed by atoms with van der Waals surface area (Å²) in [6, 6.07) is 11.9. The molecule has 2 rings (SSSR count). The van der Waals surface area contributed by atoms with E-state index >= 15 is 0 Å². The van der Waals surface area contributed by atoms with Crippen LogP contribution in [0.5, 0.6) is 5.75 Å². The summed E-state index contributed by atoms with van der Waals surface area (Å²) >= 11 is 0. The van der Waals surface area contributed by atoms with E-state index in [-0.39, 0.29) is 6.04 Å². The predicted octanol–water partition coefficient (Wildman–Crippen LogP) is 2.64. The van der Waals surface area contributed by atoms with Crippen molar-refractivity contribution in [2.75, 3.05) is 7.11 Å². The number of hydrogen-bond donors (Lipinski definition) is 1. The van der Waals surface area contributed by atoms with Crippen molar-refractivity contribution in [2.24, 2.45) is 5.73 Å². The third-order valence-corrected chi connectivity index (χ3v) is 2.99. The largest absolute Gasteiger partial charge is 0.497 e. The maximum absolute atomic E-state index is 6.22. The molecule has 18 heavy (non-hydrogen) atoms. The van der Waals surface area contributed by atoms with Gasteiger partial charge < -0.3 is 10.5 Å². The second-order valence-corrected chi connectivity index (χ2v) is 4.37. The molecular formula is C15H18N2O. The smallest absolute Gasteiger partial charge is 0.119 e. The highest BCUT2D eigenvalue weighted by atomic mass is 16.5. The van der Waals surface area contributed by atoms with E-state index < -0.39 is 0 Å². The summed E-state index contributed by atoms with van der Waals surface area (Å²) in [6.07, 6.45) is 2.54. The van der Waals surface area contributed by atoms with Gasteiger partial charge in [-0.3, -0.25) is 4.98 Å². The number of aromatic nitrogens is 1. The molecule has 1 unspecified atom stereocenters. The normalized spacial score (nSPS) is 12.2. The lowest BCUT2D eigenvalue weighted by Gasteiger charge is -2.14. The molecule has 0 radical (unpaired) electrons. The van der Waals surface area contributed by atoms with Crippen LogP contribution in [0.3, 0.4) is 0 Å². The van der Waals surface area contributed by atoms with Gasteiger partial charge in [-0.25, -0.2) is 0 Å². The molecule has 0 aliphatic heterocycles. The minimum Gasteiger partial charge on any atom is -0.497 e. The molecule has 0 amide bonds. The van der Waals surface area contributed by atoms with Gasteiger partial charge in [0.05, 0.1) is 18.8 Å². The summed E-state index contributed by atoms with van der Waals surface area (Å²) in [5.41, 5.74) is 9.47. The molecule has 0 fully saturated rings. The second kappa shape index (κ2) is 5.65. The van der Waals surface area contributed by atoms with Crippen LogP contribution >= 0.6 is 0 Å². The highest BCUT2D eigenvalue weighted by molar-refractivity contribution is 5.30. The quantitative estimate of drug-likeness (QED) is 0.896. The van der Waals surface area contributed by atoms with Gasteiger partial charge in [-0.15, -0.1) is 0 Å². The Bertz CT molecular complexity index is 525. The van der Waals surface area contributed by atoms with E-state index in [1.54, 1.807) is 13.3 Å². The lowest BCUT2D eigenvalue weighted by Crippen LogP contribution is -2.16. The lowest BCUT2D eigenvalue weighted by atomic mass is 10.0. The number of pyridine rings is 1. The molecule has 0 saturated heterocycles. The number of nitrogens with two attached hydrogens (primary N) is 1. The predicted molar refractivity (Wildman–Crippen MR) is 72.6 cm³/mol. The molecular weight excluding hydrogens is 224 g/mol. The van der Waals surface area contributed by atoms with E-state index in [1.807, 2.05) is 37.3 Å². The van der Waals surface area contributed by atoms with Gasteiger partial charge in [0.1, 0.15) is 5.75 Å². The van der Waals surface area contributed by atoms with Crippen molar-refractivity contribution in [3.8, 4) is 5.75 Å². The number of nitrogens with zero attached hydrogens (tertiary/aromatic N) is 1. The third-order valence-electron chi connectivity index (χ3n) is 2.99. The van der Waals surface area contributed by atoms with Gasteiger partial charge in [0.15, 0.2) is 0 Å². The number of methoxy groups -OCH3 is 1. The van der Waals surface area contributed by atoms with Crippen molar-refractivity contribution in [3.05, 3.63) is 59.4 Å². The molecule has 2 N–H and O–H groups in total. The molecule has 0 saturated carbocycles. The molecule has 0 aliphatic rings. The van der Waals surface area contributed by atoms with E-state index in [2.05, 4.69) is 11.1 Å². The molecule has 0 aliphatic carbocycles. The van der Waals surface area contributed by atoms with Gasteiger partial charge in [-0.1, -0.05) is 18.2 Å². The SMILES string of the molecule is COc1cccc(CC(N)c2ncccc2C)c1. The number of benzene rings is 1. The van der Waals surface area contributed by atoms with E-state index in [9.17, 15) is 0 Å². The van der Waals surface area contributed by atoms with Gasteiger partial charge in [0, 0.05) is 6.20 Å². The standard InChI is InChI=1S/C15H18N2O/c1-11-5-4-8-17-15(11)14(16)10-12-6-3-7-13(9-12)18-2/h3-9,14H,10,16H2,1-2H3. The van der Waals surface area contributed by atoms with E-state index in [0.29, 0.717) is 0 Å². The molecule has 94 valence electrons. The van der Waals surface area contributed by atoms with Crippen LogP contribution in [0.2, 0.25) is 0 Å². The van der Waals surface area contributed by atoms with Crippen molar-refractivity contribution < 1.29 is 4.74 Å². The molecule has 1 heterocycles. The zero-order valence-electron chi connectivity index (χ0n) is 10.8. The van der Waals surface area contributed by atoms with Crippen LogP contribution in [0.25, 0.3) is 0 Å². The molecule has 0 bridgehead atoms. The van der Waals surface area contributed by atoms with Crippen LogP contribution in [-0.2, 0) is 6.42 Å². The van der Waals surface area contributed by atoms with Crippen molar-refractivity contribution in [1.82, 2.24) is 4.98 Å². The summed E-state index contributed by atoms with van der Waals surface area (Å²) in [4.78, 5) is 4.36. The Balaban J connectivity index is 2.16. The topological polar surface area (TPSA) is 48.1 Å². The van der Waals surface area contributed by atoms with Gasteiger partial charge in [0.25, 0.3) is 0 Å². The van der Waals surface area contributed by atoms with Crippen LogP contribution in [0.1, 0.15) is 22.9 Å². The minimum absolute atomic E-state index is 0.0849. The van der Waals surface area contributed by atoms with Crippen molar-refractivity contribution in [3.63, 3.8) is 0 Å². The summed E-state index contributed by atoms with van der Waals surface area (Å²) in [7, 11) is 1.67. The average molecular weight is 242 g/mol. The van der Waals surface area contributed by atoms with Gasteiger partial charge >= 0.3 is 0 Å². The number of ether oxygens (including phenoxy) is 1. The van der Waals surface area contributed by atoms with Crippen LogP contribution in [0, 0.1) is 6.92 Å². The first-order valence-corrected chi connectivity index (χ1v) is 6.00. The molecule has 2 aromatic rings. The maximum Gasteiger partial charge on any atom is 0.119 e. The number of aryl methyl sites for hydroxylation is 1. The molecule has 1 atom stereocenters. The monoisotopic (exact) mass is 242 g/mol. The fourth-order valence-electron chi connectivity index (χ4n) is 2.04. The van der Waals surface area contributed by atoms with Crippen LogP contribution in [-0.4, -0.2) is 12.1 Å². The summed E-state index contributed by atoms with van der Waals surface area (Å²) in [5.74, 6) is 0.859. The van der Waals surface area contributed by atoms with E-state index in [0.717, 1.165) is 29.0 Å². The highest BCUT2D eigenvalue weighted by Gasteiger charge is 2.11. The minimum atomic E-state index is -0.0849. The summed E-state index contributed by atoms with van der Waals surface area (Å²) in [5, 5.41) is 0. The third kappa shape index (κ3) is 2.87. The van der Waals surface area contributed by atoms with Crippen molar-refractivity contribution in [2.45, 2.75) is 19.4 Å². The number of hydrogen-bond acceptors (Lipinski definition) is 3. The summed E-state index contributed by atoms with van der Waals surface area (Å²) < 4.78 is 5.21. The van der Waals surface area contributed by atoms with Crippen LogP contribution < -0.4 is 10.5 Å². The first kappa shape index (κ1) is 12.6. The molecule has 3 heteroatoms. The lowest BCUT2D eigenvalue weighted by molar-refractivity contribution is 0.414. The zero-order valence-corrected chi connectivity index (χ0v) is 10.8. The summed E-state index contributed by atoms with van der Waals surface area (Å²) in [6.45, 7) is 2.04. The molecule has 1 aromatic carbocycles. The Hall–Kier alpha value is -1.87. The molecule has 3 nitrogen and oxygen atoms in total. The Morgan fingerprint density at radius 3 is 2.83 bits per heavy atom. The Labute approximate surface area is 108 Å². The fourth-order valence-corrected chi connectivity index (χ4v) is 2.04. The van der Waals surface area contributed by atoms with Gasteiger partial charge in [0.2, 0.25) is 0 Å². The zero-order chi connectivity index (χ0) is 13.0. The van der Waals surface area contributed by atoms with Crippen molar-refractivity contribution in [1.29, 1.82) is 0 Å². The van der Waals surface area contributed by atoms with E-state index in [4.69, 9.17) is 10.5 Å². The van der Waals surface area contributed by atoms with E-state index in [1.165, 1.54) is 0 Å². The molecule has 0 spiro atoms. The van der Waals surface area contributed by atoms with Crippen LogP contribution in [0.4, 0.5) is 0 Å². The maximum atomic E-state index is 6.22. The second-order valence-electron chi connectivity index (χ2n) is 4.37. The Morgan fingerprint density at radius 2 is 2.11 bits per heavy atom. The van der Waals surface area contributed by atoms with Gasteiger partial charge in [-0.2, -0.15) is 0 Å². The first-order valence-electron chi connectivity index (χ1n) is 6.00. The molecule has 1 aromatic heterocycles. The van der Waals surface area contributed by atoms with Gasteiger partial charge in [-0.05, 0) is 42.7 Å². The average Bonchev–Trinajstić information content (AvgIpc) is 2.39. The fraction of sp³-hybridized carbons (Fsp3) is 0.267. The van der Waals surface area contributed by atoms with Crippen LogP contribution in [0.15, 0.2) is 42.6 Å². The highest BCUT2D eigenvalue weighted by Crippen LogP contribution is 2.20. The first-order chi connectivity index (χ1) is 8.70. The van der Waals surface area contributed by atoms with Crippen molar-refractivity contribution >= 4 is 0 Å². The number of rotatable bonds is 4. The Morgan fingerprint density at radius 1 is 1.28 bits per heavy atom.